The summed E-state index contributed by atoms with van der Waals surface area (Å²) in [5.41, 5.74) is 1.81. The summed E-state index contributed by atoms with van der Waals surface area (Å²) in [6.45, 7) is 1.77. The van der Waals surface area contributed by atoms with Gasteiger partial charge in [0.1, 0.15) is 17.2 Å². The lowest BCUT2D eigenvalue weighted by molar-refractivity contribution is 0.449. The Labute approximate surface area is 112 Å². The minimum absolute atomic E-state index is 0.00821. The fraction of sp³-hybridized carbons (Fsp3) is 0.0769. The lowest BCUT2D eigenvalue weighted by Crippen LogP contribution is -1.86. The number of phenolic OH excluding ortho intramolecular Hbond substituents is 3. The maximum Gasteiger partial charge on any atom is 0.127 e. The fourth-order valence-electron chi connectivity index (χ4n) is 1.81. The van der Waals surface area contributed by atoms with Crippen molar-refractivity contribution in [2.75, 3.05) is 0 Å². The minimum Gasteiger partial charge on any atom is -0.508 e. The zero-order valence-corrected chi connectivity index (χ0v) is 11.3. The third-order valence-corrected chi connectivity index (χ3v) is 3.20. The molecule has 2 rings (SSSR count). The summed E-state index contributed by atoms with van der Waals surface area (Å²) in [4.78, 5) is 0. The van der Waals surface area contributed by atoms with Gasteiger partial charge < -0.3 is 15.3 Å². The van der Waals surface area contributed by atoms with Crippen LogP contribution in [0.1, 0.15) is 5.56 Å². The van der Waals surface area contributed by atoms with E-state index in [4.69, 9.17) is 0 Å². The van der Waals surface area contributed by atoms with E-state index in [2.05, 4.69) is 22.6 Å². The summed E-state index contributed by atoms with van der Waals surface area (Å²) in [6.07, 6.45) is 0. The van der Waals surface area contributed by atoms with Crippen LogP contribution in [0.5, 0.6) is 17.2 Å². The first-order chi connectivity index (χ1) is 7.99. The molecule has 4 heteroatoms. The Morgan fingerprint density at radius 1 is 0.941 bits per heavy atom. The molecule has 0 radical (unpaired) electrons. The lowest BCUT2D eigenvalue weighted by Gasteiger charge is -2.11. The lowest BCUT2D eigenvalue weighted by atomic mass is 9.98. The van der Waals surface area contributed by atoms with Gasteiger partial charge in [0.25, 0.3) is 0 Å². The van der Waals surface area contributed by atoms with Crippen LogP contribution in [0.25, 0.3) is 11.1 Å². The van der Waals surface area contributed by atoms with Gasteiger partial charge in [-0.2, -0.15) is 0 Å². The van der Waals surface area contributed by atoms with Crippen molar-refractivity contribution in [3.05, 3.63) is 39.5 Å². The monoisotopic (exact) mass is 342 g/mol. The van der Waals surface area contributed by atoms with E-state index < -0.39 is 0 Å². The van der Waals surface area contributed by atoms with E-state index in [1.165, 1.54) is 6.07 Å². The van der Waals surface area contributed by atoms with Crippen LogP contribution in [0.15, 0.2) is 30.3 Å². The molecular weight excluding hydrogens is 331 g/mol. The summed E-state index contributed by atoms with van der Waals surface area (Å²) in [7, 11) is 0. The molecule has 0 bridgehead atoms. The van der Waals surface area contributed by atoms with E-state index >= 15 is 0 Å². The Morgan fingerprint density at radius 3 is 2.29 bits per heavy atom. The molecule has 0 aliphatic carbocycles. The number of benzene rings is 2. The largest absolute Gasteiger partial charge is 0.508 e. The van der Waals surface area contributed by atoms with E-state index in [0.29, 0.717) is 16.7 Å². The third kappa shape index (κ3) is 2.31. The van der Waals surface area contributed by atoms with Gasteiger partial charge in [0, 0.05) is 20.8 Å². The fourth-order valence-corrected chi connectivity index (χ4v) is 2.30. The molecule has 0 atom stereocenters. The SMILES string of the molecule is Cc1cc(O)cc(O)c1-c1cc(I)ccc1O. The molecule has 2 aromatic carbocycles. The maximum absolute atomic E-state index is 9.87. The average Bonchev–Trinajstić information content (AvgIpc) is 2.21. The molecule has 0 saturated carbocycles. The van der Waals surface area contributed by atoms with Crippen molar-refractivity contribution in [2.45, 2.75) is 6.92 Å². The van der Waals surface area contributed by atoms with Crippen molar-refractivity contribution in [2.24, 2.45) is 0 Å². The molecule has 0 spiro atoms. The highest BCUT2D eigenvalue weighted by molar-refractivity contribution is 14.1. The Morgan fingerprint density at radius 2 is 1.65 bits per heavy atom. The van der Waals surface area contributed by atoms with Crippen molar-refractivity contribution in [3.8, 4) is 28.4 Å². The van der Waals surface area contributed by atoms with Gasteiger partial charge in [0.2, 0.25) is 0 Å². The van der Waals surface area contributed by atoms with Crippen molar-refractivity contribution < 1.29 is 15.3 Å². The second-order valence-corrected chi connectivity index (χ2v) is 5.06. The van der Waals surface area contributed by atoms with Crippen molar-refractivity contribution in [1.82, 2.24) is 0 Å². The molecule has 0 aliphatic rings. The third-order valence-electron chi connectivity index (χ3n) is 2.53. The van der Waals surface area contributed by atoms with Crippen LogP contribution in [0.2, 0.25) is 0 Å². The Kier molecular flexibility index (Phi) is 3.15. The number of aryl methyl sites for hydroxylation is 1. The van der Waals surface area contributed by atoms with Crippen LogP contribution in [0.4, 0.5) is 0 Å². The van der Waals surface area contributed by atoms with Crippen LogP contribution < -0.4 is 0 Å². The Hall–Kier alpha value is -1.43. The molecular formula is C13H11IO3. The van der Waals surface area contributed by atoms with Crippen LogP contribution in [-0.2, 0) is 0 Å². The quantitative estimate of drug-likeness (QED) is 0.697. The van der Waals surface area contributed by atoms with Crippen molar-refractivity contribution >= 4 is 22.6 Å². The van der Waals surface area contributed by atoms with Gasteiger partial charge >= 0.3 is 0 Å². The predicted octanol–water partition coefficient (Wildman–Crippen LogP) is 3.38. The second kappa shape index (κ2) is 4.44. The van der Waals surface area contributed by atoms with Gasteiger partial charge in [-0.15, -0.1) is 0 Å². The van der Waals surface area contributed by atoms with Crippen molar-refractivity contribution in [1.29, 1.82) is 0 Å². The zero-order chi connectivity index (χ0) is 12.6. The van der Waals surface area contributed by atoms with E-state index in [1.807, 2.05) is 0 Å². The summed E-state index contributed by atoms with van der Waals surface area (Å²) in [5.74, 6) is 0.0724. The maximum atomic E-state index is 9.87. The van der Waals surface area contributed by atoms with E-state index in [9.17, 15) is 15.3 Å². The van der Waals surface area contributed by atoms with Gasteiger partial charge in [0.15, 0.2) is 0 Å². The number of rotatable bonds is 1. The molecule has 0 amide bonds. The molecule has 0 heterocycles. The summed E-state index contributed by atoms with van der Waals surface area (Å²) in [6, 6.07) is 7.97. The number of aromatic hydroxyl groups is 3. The first-order valence-corrected chi connectivity index (χ1v) is 6.08. The van der Waals surface area contributed by atoms with Gasteiger partial charge in [0.05, 0.1) is 0 Å². The molecule has 3 N–H and O–H groups in total. The van der Waals surface area contributed by atoms with Gasteiger partial charge in [-0.25, -0.2) is 0 Å². The molecule has 0 aromatic heterocycles. The molecule has 2 aromatic rings. The number of hydrogen-bond donors (Lipinski definition) is 3. The second-order valence-electron chi connectivity index (χ2n) is 3.82. The average molecular weight is 342 g/mol. The van der Waals surface area contributed by atoms with Gasteiger partial charge in [-0.1, -0.05) is 0 Å². The minimum atomic E-state index is -0.0419. The molecule has 0 fully saturated rings. The molecule has 0 aliphatic heterocycles. The van der Waals surface area contributed by atoms with Gasteiger partial charge in [-0.3, -0.25) is 0 Å². The Bertz CT molecular complexity index is 556. The predicted molar refractivity (Wildman–Crippen MR) is 74.3 cm³/mol. The summed E-state index contributed by atoms with van der Waals surface area (Å²) in [5, 5.41) is 29.1. The standard InChI is InChI=1S/C13H11IO3/c1-7-4-9(15)6-12(17)13(7)10-5-8(14)2-3-11(10)16/h2-6,15-17H,1H3. The van der Waals surface area contributed by atoms with Gasteiger partial charge in [-0.05, 0) is 59.3 Å². The molecule has 0 unspecified atom stereocenters. The highest BCUT2D eigenvalue weighted by atomic mass is 127. The molecule has 0 saturated heterocycles. The first-order valence-electron chi connectivity index (χ1n) is 5.00. The number of halogens is 1. The van der Waals surface area contributed by atoms with E-state index in [1.54, 1.807) is 31.2 Å². The highest BCUT2D eigenvalue weighted by Gasteiger charge is 2.13. The smallest absolute Gasteiger partial charge is 0.127 e. The topological polar surface area (TPSA) is 60.7 Å². The van der Waals surface area contributed by atoms with E-state index in [0.717, 1.165) is 3.57 Å². The normalized spacial score (nSPS) is 10.5. The van der Waals surface area contributed by atoms with Crippen molar-refractivity contribution in [3.63, 3.8) is 0 Å². The molecule has 17 heavy (non-hydrogen) atoms. The van der Waals surface area contributed by atoms with Crippen LogP contribution in [0.3, 0.4) is 0 Å². The molecule has 3 nitrogen and oxygen atoms in total. The van der Waals surface area contributed by atoms with Crippen LogP contribution in [0, 0.1) is 10.5 Å². The zero-order valence-electron chi connectivity index (χ0n) is 9.11. The number of phenols is 3. The Balaban J connectivity index is 2.72. The van der Waals surface area contributed by atoms with E-state index in [-0.39, 0.29) is 17.2 Å². The molecule has 88 valence electrons. The first kappa shape index (κ1) is 12.0. The van der Waals surface area contributed by atoms with Crippen LogP contribution >= 0.6 is 22.6 Å². The highest BCUT2D eigenvalue weighted by Crippen LogP contribution is 2.40. The summed E-state index contributed by atoms with van der Waals surface area (Å²) >= 11 is 2.14. The summed E-state index contributed by atoms with van der Waals surface area (Å²) < 4.78 is 0.960. The van der Waals surface area contributed by atoms with Crippen LogP contribution in [-0.4, -0.2) is 15.3 Å². The number of hydrogen-bond acceptors (Lipinski definition) is 3.